The van der Waals surface area contributed by atoms with Crippen LogP contribution in [-0.2, 0) is 14.3 Å². The van der Waals surface area contributed by atoms with Crippen molar-refractivity contribution in [2.75, 3.05) is 6.73 Å². The smallest absolute Gasteiger partial charge is 0.317 e. The topological polar surface area (TPSA) is 55.4 Å². The first kappa shape index (κ1) is 5.08. The molecule has 0 spiro atoms. The first-order valence-electron chi connectivity index (χ1n) is 2.21. The van der Waals surface area contributed by atoms with Crippen molar-refractivity contribution in [1.82, 2.24) is 5.32 Å². The molecule has 1 amide bonds. The second kappa shape index (κ2) is 1.81. The molecule has 0 aliphatic carbocycles. The molecule has 0 aromatic heterocycles. The minimum Gasteiger partial charge on any atom is -0.444 e. The molecular formula is C4H5NO3. The number of esters is 1. The Balaban J connectivity index is 2.45. The third kappa shape index (κ3) is 0.959. The second-order valence-electron chi connectivity index (χ2n) is 1.44. The van der Waals surface area contributed by atoms with Crippen molar-refractivity contribution >= 4 is 11.9 Å². The number of rotatable bonds is 0. The third-order valence-electron chi connectivity index (χ3n) is 0.807. The highest BCUT2D eigenvalue weighted by Crippen LogP contribution is 1.90. The van der Waals surface area contributed by atoms with Gasteiger partial charge in [-0.2, -0.15) is 0 Å². The van der Waals surface area contributed by atoms with Gasteiger partial charge in [0, 0.05) is 0 Å². The largest absolute Gasteiger partial charge is 0.444 e. The third-order valence-corrected chi connectivity index (χ3v) is 0.807. The van der Waals surface area contributed by atoms with Gasteiger partial charge in [0.15, 0.2) is 6.73 Å². The SMILES string of the molecule is O=C1CC(=O)OCN1. The Labute approximate surface area is 45.8 Å². The van der Waals surface area contributed by atoms with E-state index in [0.29, 0.717) is 0 Å². The fourth-order valence-corrected chi connectivity index (χ4v) is 0.442. The summed E-state index contributed by atoms with van der Waals surface area (Å²) in [6, 6.07) is 0. The average Bonchev–Trinajstić information content (AvgIpc) is 1.64. The van der Waals surface area contributed by atoms with Crippen molar-refractivity contribution < 1.29 is 14.3 Å². The standard InChI is InChI=1S/C4H5NO3/c6-3-1-4(7)8-2-5-3/h1-2H2,(H,5,6). The molecule has 0 radical (unpaired) electrons. The molecule has 0 unspecified atom stereocenters. The van der Waals surface area contributed by atoms with Gasteiger partial charge < -0.3 is 10.1 Å². The molecule has 0 bridgehead atoms. The van der Waals surface area contributed by atoms with E-state index >= 15 is 0 Å². The van der Waals surface area contributed by atoms with E-state index in [1.54, 1.807) is 0 Å². The van der Waals surface area contributed by atoms with Crippen LogP contribution in [0.15, 0.2) is 0 Å². The molecule has 1 aliphatic rings. The van der Waals surface area contributed by atoms with Gasteiger partial charge in [-0.05, 0) is 0 Å². The van der Waals surface area contributed by atoms with Gasteiger partial charge in [0.05, 0.1) is 0 Å². The Kier molecular flexibility index (Phi) is 1.15. The molecule has 1 aliphatic heterocycles. The highest BCUT2D eigenvalue weighted by atomic mass is 16.5. The normalized spacial score (nSPS) is 19.5. The van der Waals surface area contributed by atoms with Crippen LogP contribution in [-0.4, -0.2) is 18.6 Å². The summed E-state index contributed by atoms with van der Waals surface area (Å²) in [5, 5.41) is 2.33. The van der Waals surface area contributed by atoms with Gasteiger partial charge in [-0.1, -0.05) is 0 Å². The molecule has 1 rings (SSSR count). The molecule has 0 aromatic rings. The summed E-state index contributed by atoms with van der Waals surface area (Å²) in [5.41, 5.74) is 0. The molecule has 0 saturated carbocycles. The minimum atomic E-state index is -0.450. The number of ether oxygens (including phenoxy) is 1. The van der Waals surface area contributed by atoms with Crippen LogP contribution in [0.3, 0.4) is 0 Å². The van der Waals surface area contributed by atoms with Crippen LogP contribution in [0.1, 0.15) is 6.42 Å². The fourth-order valence-electron chi connectivity index (χ4n) is 0.442. The maximum absolute atomic E-state index is 10.3. The van der Waals surface area contributed by atoms with Crippen LogP contribution in [0.25, 0.3) is 0 Å². The molecule has 1 fully saturated rings. The molecule has 0 atom stereocenters. The highest BCUT2D eigenvalue weighted by molar-refractivity contribution is 5.95. The number of amides is 1. The molecular weight excluding hydrogens is 110 g/mol. The van der Waals surface area contributed by atoms with E-state index in [1.165, 1.54) is 0 Å². The van der Waals surface area contributed by atoms with Gasteiger partial charge in [-0.3, -0.25) is 9.59 Å². The molecule has 8 heavy (non-hydrogen) atoms. The van der Waals surface area contributed by atoms with Gasteiger partial charge in [-0.25, -0.2) is 0 Å². The van der Waals surface area contributed by atoms with Crippen LogP contribution in [0.4, 0.5) is 0 Å². The maximum atomic E-state index is 10.3. The highest BCUT2D eigenvalue weighted by Gasteiger charge is 2.14. The van der Waals surface area contributed by atoms with E-state index in [4.69, 9.17) is 0 Å². The molecule has 0 aromatic carbocycles. The van der Waals surface area contributed by atoms with E-state index in [9.17, 15) is 9.59 Å². The van der Waals surface area contributed by atoms with E-state index in [2.05, 4.69) is 10.1 Å². The second-order valence-corrected chi connectivity index (χ2v) is 1.44. The zero-order valence-electron chi connectivity index (χ0n) is 4.14. The number of carbonyl (C=O) groups is 2. The molecule has 1 N–H and O–H groups in total. The van der Waals surface area contributed by atoms with E-state index in [-0.39, 0.29) is 19.1 Å². The fraction of sp³-hybridized carbons (Fsp3) is 0.500. The van der Waals surface area contributed by atoms with E-state index in [1.807, 2.05) is 0 Å². The van der Waals surface area contributed by atoms with Crippen LogP contribution < -0.4 is 5.32 Å². The average molecular weight is 115 g/mol. The summed E-state index contributed by atoms with van der Waals surface area (Å²) in [7, 11) is 0. The molecule has 1 heterocycles. The lowest BCUT2D eigenvalue weighted by molar-refractivity contribution is -0.153. The Morgan fingerprint density at radius 3 is 2.62 bits per heavy atom. The minimum absolute atomic E-state index is 0.0255. The Morgan fingerprint density at radius 2 is 2.25 bits per heavy atom. The Hall–Kier alpha value is -1.06. The summed E-state index contributed by atoms with van der Waals surface area (Å²) in [5.74, 6) is -0.713. The summed E-state index contributed by atoms with van der Waals surface area (Å²) >= 11 is 0. The predicted molar refractivity (Wildman–Crippen MR) is 23.7 cm³/mol. The van der Waals surface area contributed by atoms with Crippen LogP contribution in [0.2, 0.25) is 0 Å². The molecule has 1 saturated heterocycles. The van der Waals surface area contributed by atoms with Crippen molar-refractivity contribution in [3.63, 3.8) is 0 Å². The monoisotopic (exact) mass is 115 g/mol. The summed E-state index contributed by atoms with van der Waals surface area (Å²) in [6.45, 7) is 0.0255. The Morgan fingerprint density at radius 1 is 1.50 bits per heavy atom. The van der Waals surface area contributed by atoms with E-state index in [0.717, 1.165) is 0 Å². The van der Waals surface area contributed by atoms with Crippen molar-refractivity contribution in [1.29, 1.82) is 0 Å². The number of carbonyl (C=O) groups excluding carboxylic acids is 2. The lowest BCUT2D eigenvalue weighted by Gasteiger charge is -2.10. The predicted octanol–water partition coefficient (Wildman–Crippen LogP) is -0.993. The van der Waals surface area contributed by atoms with Gasteiger partial charge >= 0.3 is 5.97 Å². The number of nitrogens with one attached hydrogen (secondary N) is 1. The van der Waals surface area contributed by atoms with Gasteiger partial charge in [-0.15, -0.1) is 0 Å². The van der Waals surface area contributed by atoms with E-state index < -0.39 is 5.97 Å². The van der Waals surface area contributed by atoms with Crippen LogP contribution in [0.5, 0.6) is 0 Å². The lowest BCUT2D eigenvalue weighted by Crippen LogP contribution is -2.35. The maximum Gasteiger partial charge on any atom is 0.317 e. The quantitative estimate of drug-likeness (QED) is 0.325. The summed E-state index contributed by atoms with van der Waals surface area (Å²) in [4.78, 5) is 20.5. The van der Waals surface area contributed by atoms with Gasteiger partial charge in [0.2, 0.25) is 5.91 Å². The molecule has 4 nitrogen and oxygen atoms in total. The zero-order chi connectivity index (χ0) is 5.98. The lowest BCUT2D eigenvalue weighted by atomic mass is 10.4. The number of hydrogen-bond acceptors (Lipinski definition) is 3. The summed E-state index contributed by atoms with van der Waals surface area (Å²) in [6.07, 6.45) is -0.139. The van der Waals surface area contributed by atoms with Gasteiger partial charge in [0.25, 0.3) is 0 Å². The number of hydrogen-bond donors (Lipinski definition) is 1. The van der Waals surface area contributed by atoms with Crippen LogP contribution in [0, 0.1) is 0 Å². The molecule has 44 valence electrons. The van der Waals surface area contributed by atoms with Crippen molar-refractivity contribution in [3.05, 3.63) is 0 Å². The number of cyclic esters (lactones) is 1. The van der Waals surface area contributed by atoms with Gasteiger partial charge in [0.1, 0.15) is 6.42 Å². The molecule has 4 heteroatoms. The van der Waals surface area contributed by atoms with Crippen LogP contribution >= 0.6 is 0 Å². The van der Waals surface area contributed by atoms with Crippen molar-refractivity contribution in [2.24, 2.45) is 0 Å². The van der Waals surface area contributed by atoms with Crippen molar-refractivity contribution in [2.45, 2.75) is 6.42 Å². The summed E-state index contributed by atoms with van der Waals surface area (Å²) < 4.78 is 4.38. The Bertz CT molecular complexity index is 117. The zero-order valence-corrected chi connectivity index (χ0v) is 4.14. The van der Waals surface area contributed by atoms with Crippen molar-refractivity contribution in [3.8, 4) is 0 Å². The first-order valence-corrected chi connectivity index (χ1v) is 2.21. The first-order chi connectivity index (χ1) is 3.79.